The number of carboxylic acids is 1. The number of aliphatic hydroxyl groups is 4. The molecule has 166 valence electrons. The average molecular weight is 432 g/mol. The minimum atomic E-state index is -1.88. The van der Waals surface area contributed by atoms with Crippen LogP contribution in [0.3, 0.4) is 0 Å². The fourth-order valence-electron chi connectivity index (χ4n) is 3.33. The highest BCUT2D eigenvalue weighted by Gasteiger charge is 2.48. The molecular weight excluding hydrogens is 408 g/mol. The van der Waals surface area contributed by atoms with Crippen LogP contribution in [0.5, 0.6) is 0 Å². The summed E-state index contributed by atoms with van der Waals surface area (Å²) in [7, 11) is 0. The molecule has 1 heterocycles. The molecule has 2 aromatic rings. The van der Waals surface area contributed by atoms with Gasteiger partial charge in [0.15, 0.2) is 6.10 Å². The highest BCUT2D eigenvalue weighted by Crippen LogP contribution is 2.28. The van der Waals surface area contributed by atoms with Crippen LogP contribution in [0.25, 0.3) is 0 Å². The Balaban J connectivity index is 1.73. The summed E-state index contributed by atoms with van der Waals surface area (Å²) >= 11 is 0. The SMILES string of the molecule is C[C@H](C(=O)O[C@@H]1O[C@@H](C(=O)O)[C@@H](O)[C@@H](O)[C@@H]1O)c1cccc([C@@H](O)c2ccccc2)c1. The van der Waals surface area contributed by atoms with Gasteiger partial charge in [-0.15, -0.1) is 0 Å². The number of benzene rings is 2. The largest absolute Gasteiger partial charge is 0.479 e. The molecule has 1 aliphatic rings. The van der Waals surface area contributed by atoms with E-state index in [2.05, 4.69) is 0 Å². The van der Waals surface area contributed by atoms with Crippen molar-refractivity contribution in [2.24, 2.45) is 0 Å². The van der Waals surface area contributed by atoms with Crippen LogP contribution in [0.1, 0.15) is 35.6 Å². The van der Waals surface area contributed by atoms with E-state index in [0.29, 0.717) is 16.7 Å². The van der Waals surface area contributed by atoms with Crippen molar-refractivity contribution in [3.8, 4) is 0 Å². The van der Waals surface area contributed by atoms with Gasteiger partial charge in [0.05, 0.1) is 5.92 Å². The summed E-state index contributed by atoms with van der Waals surface area (Å²) in [6, 6.07) is 15.7. The lowest BCUT2D eigenvalue weighted by Crippen LogP contribution is -2.60. The average Bonchev–Trinajstić information content (AvgIpc) is 2.78. The van der Waals surface area contributed by atoms with Crippen molar-refractivity contribution in [3.05, 3.63) is 71.3 Å². The Labute approximate surface area is 178 Å². The molecule has 0 amide bonds. The zero-order chi connectivity index (χ0) is 22.7. The third kappa shape index (κ3) is 4.92. The molecule has 0 bridgehead atoms. The summed E-state index contributed by atoms with van der Waals surface area (Å²) in [5, 5.41) is 49.3. The number of carbonyl (C=O) groups is 2. The Kier molecular flexibility index (Phi) is 7.04. The molecule has 7 atom stereocenters. The van der Waals surface area contributed by atoms with Crippen molar-refractivity contribution in [1.82, 2.24) is 0 Å². The molecular formula is C22H24O9. The highest BCUT2D eigenvalue weighted by atomic mass is 16.7. The Hall–Kier alpha value is -2.82. The number of rotatable bonds is 6. The quantitative estimate of drug-likeness (QED) is 0.406. The van der Waals surface area contributed by atoms with Crippen LogP contribution in [0, 0.1) is 0 Å². The van der Waals surface area contributed by atoms with Crippen molar-refractivity contribution < 1.29 is 44.6 Å². The predicted molar refractivity (Wildman–Crippen MR) is 106 cm³/mol. The van der Waals surface area contributed by atoms with E-state index in [-0.39, 0.29) is 0 Å². The van der Waals surface area contributed by atoms with Crippen LogP contribution in [-0.2, 0) is 19.1 Å². The van der Waals surface area contributed by atoms with E-state index in [0.717, 1.165) is 0 Å². The van der Waals surface area contributed by atoms with E-state index in [1.54, 1.807) is 48.5 Å². The van der Waals surface area contributed by atoms with E-state index in [1.807, 2.05) is 6.07 Å². The van der Waals surface area contributed by atoms with Crippen LogP contribution >= 0.6 is 0 Å². The smallest absolute Gasteiger partial charge is 0.335 e. The molecule has 0 aromatic heterocycles. The molecule has 9 heteroatoms. The molecule has 0 saturated carbocycles. The molecule has 1 fully saturated rings. The van der Waals surface area contributed by atoms with E-state index >= 15 is 0 Å². The number of hydrogen-bond acceptors (Lipinski definition) is 8. The van der Waals surface area contributed by atoms with E-state index in [1.165, 1.54) is 6.92 Å². The minimum Gasteiger partial charge on any atom is -0.479 e. The Morgan fingerprint density at radius 2 is 1.52 bits per heavy atom. The number of aliphatic carboxylic acids is 1. The summed E-state index contributed by atoms with van der Waals surface area (Å²) in [6.07, 6.45) is -10.1. The Bertz CT molecular complexity index is 916. The zero-order valence-electron chi connectivity index (χ0n) is 16.6. The number of esters is 1. The van der Waals surface area contributed by atoms with Crippen LogP contribution in [-0.4, -0.2) is 68.2 Å². The first-order chi connectivity index (χ1) is 14.7. The third-order valence-electron chi connectivity index (χ3n) is 5.24. The van der Waals surface area contributed by atoms with Crippen molar-refractivity contribution in [1.29, 1.82) is 0 Å². The molecule has 5 N–H and O–H groups in total. The Morgan fingerprint density at radius 3 is 2.16 bits per heavy atom. The van der Waals surface area contributed by atoms with Crippen LogP contribution in [0.15, 0.2) is 54.6 Å². The molecule has 3 rings (SSSR count). The normalized spacial score (nSPS) is 27.8. The second-order valence-corrected chi connectivity index (χ2v) is 7.38. The molecule has 1 aliphatic heterocycles. The van der Waals surface area contributed by atoms with Crippen molar-refractivity contribution in [2.75, 3.05) is 0 Å². The van der Waals surface area contributed by atoms with Gasteiger partial charge in [-0.1, -0.05) is 54.6 Å². The van der Waals surface area contributed by atoms with Crippen LogP contribution < -0.4 is 0 Å². The standard InChI is InChI=1S/C22H24O9/c1-11(13-8-5-9-14(10-13)15(23)12-6-3-2-4-7-12)21(29)31-22-18(26)16(24)17(25)19(30-22)20(27)28/h2-11,15-19,22-26H,1H3,(H,27,28)/t11-,15-,16+,17-,18-,19+,22-/m0/s1. The summed E-state index contributed by atoms with van der Waals surface area (Å²) in [4.78, 5) is 23.8. The maximum atomic E-state index is 12.6. The first kappa shape index (κ1) is 22.9. The van der Waals surface area contributed by atoms with Gasteiger partial charge in [0, 0.05) is 0 Å². The number of ether oxygens (including phenoxy) is 2. The molecule has 0 spiro atoms. The van der Waals surface area contributed by atoms with Crippen LogP contribution in [0.4, 0.5) is 0 Å². The summed E-state index contributed by atoms with van der Waals surface area (Å²) in [5.74, 6) is -3.27. The van der Waals surface area contributed by atoms with Crippen molar-refractivity contribution in [3.63, 3.8) is 0 Å². The zero-order valence-corrected chi connectivity index (χ0v) is 16.6. The summed E-state index contributed by atoms with van der Waals surface area (Å²) in [6.45, 7) is 1.53. The number of carbonyl (C=O) groups excluding carboxylic acids is 1. The lowest BCUT2D eigenvalue weighted by molar-refractivity contribution is -0.286. The third-order valence-corrected chi connectivity index (χ3v) is 5.24. The molecule has 0 unspecified atom stereocenters. The van der Waals surface area contributed by atoms with Gasteiger partial charge < -0.3 is 35.0 Å². The maximum absolute atomic E-state index is 12.6. The fourth-order valence-corrected chi connectivity index (χ4v) is 3.33. The summed E-state index contributed by atoms with van der Waals surface area (Å²) in [5.41, 5.74) is 1.75. The lowest BCUT2D eigenvalue weighted by Gasteiger charge is -2.38. The topological polar surface area (TPSA) is 154 Å². The van der Waals surface area contributed by atoms with Crippen LogP contribution in [0.2, 0.25) is 0 Å². The second kappa shape index (κ2) is 9.54. The van der Waals surface area contributed by atoms with Crippen molar-refractivity contribution >= 4 is 11.9 Å². The Morgan fingerprint density at radius 1 is 0.903 bits per heavy atom. The number of hydrogen-bond donors (Lipinski definition) is 5. The van der Waals surface area contributed by atoms with Crippen molar-refractivity contribution in [2.45, 2.75) is 49.7 Å². The summed E-state index contributed by atoms with van der Waals surface area (Å²) < 4.78 is 10.1. The lowest BCUT2D eigenvalue weighted by atomic mass is 9.95. The van der Waals surface area contributed by atoms with Gasteiger partial charge >= 0.3 is 11.9 Å². The minimum absolute atomic E-state index is 0.512. The van der Waals surface area contributed by atoms with Gasteiger partial charge in [0.25, 0.3) is 0 Å². The predicted octanol–water partition coefficient (Wildman–Crippen LogP) is 0.307. The van der Waals surface area contributed by atoms with Gasteiger partial charge in [0.2, 0.25) is 6.29 Å². The highest BCUT2D eigenvalue weighted by molar-refractivity contribution is 5.78. The number of carboxylic acid groups (broad SMARTS) is 1. The van der Waals surface area contributed by atoms with E-state index < -0.39 is 54.7 Å². The molecule has 1 saturated heterocycles. The van der Waals surface area contributed by atoms with E-state index in [4.69, 9.17) is 14.6 Å². The second-order valence-electron chi connectivity index (χ2n) is 7.38. The molecule has 2 aromatic carbocycles. The van der Waals surface area contributed by atoms with Gasteiger partial charge in [-0.05, 0) is 23.6 Å². The van der Waals surface area contributed by atoms with Gasteiger partial charge in [-0.3, -0.25) is 4.79 Å². The first-order valence-electron chi connectivity index (χ1n) is 9.66. The van der Waals surface area contributed by atoms with Gasteiger partial charge in [-0.2, -0.15) is 0 Å². The first-order valence-corrected chi connectivity index (χ1v) is 9.66. The van der Waals surface area contributed by atoms with Gasteiger partial charge in [-0.25, -0.2) is 4.79 Å². The van der Waals surface area contributed by atoms with Gasteiger partial charge in [0.1, 0.15) is 24.4 Å². The monoisotopic (exact) mass is 432 g/mol. The van der Waals surface area contributed by atoms with E-state index in [9.17, 15) is 30.0 Å². The number of aliphatic hydroxyl groups excluding tert-OH is 4. The fraction of sp³-hybridized carbons (Fsp3) is 0.364. The molecule has 31 heavy (non-hydrogen) atoms. The molecule has 0 radical (unpaired) electrons. The molecule has 9 nitrogen and oxygen atoms in total. The molecule has 0 aliphatic carbocycles. The maximum Gasteiger partial charge on any atom is 0.335 e.